The smallest absolute Gasteiger partial charge is 0.257 e. The van der Waals surface area contributed by atoms with Crippen molar-refractivity contribution in [3.05, 3.63) is 74.5 Å². The van der Waals surface area contributed by atoms with Gasteiger partial charge in [-0.15, -0.1) is 0 Å². The number of hydrogen-bond acceptors (Lipinski definition) is 6. The highest BCUT2D eigenvalue weighted by Gasteiger charge is 2.25. The van der Waals surface area contributed by atoms with Crippen LogP contribution in [-0.4, -0.2) is 32.2 Å². The molecule has 0 bridgehead atoms. The maximum atomic E-state index is 14.2. The van der Waals surface area contributed by atoms with E-state index in [9.17, 15) is 9.18 Å². The number of anilines is 2. The van der Waals surface area contributed by atoms with Crippen molar-refractivity contribution in [1.82, 2.24) is 19.7 Å². The van der Waals surface area contributed by atoms with Crippen LogP contribution in [0.4, 0.5) is 15.3 Å². The fourth-order valence-electron chi connectivity index (χ4n) is 6.84. The zero-order valence-corrected chi connectivity index (χ0v) is 25.6. The Morgan fingerprint density at radius 1 is 1.07 bits per heavy atom. The lowest BCUT2D eigenvalue weighted by Crippen LogP contribution is -2.33. The second kappa shape index (κ2) is 11.7. The lowest BCUT2D eigenvalue weighted by molar-refractivity contribution is 0.102. The number of fused-ring (bicyclic) bond motifs is 2. The van der Waals surface area contributed by atoms with Crippen molar-refractivity contribution in [2.24, 2.45) is 5.92 Å². The van der Waals surface area contributed by atoms with Crippen LogP contribution in [0.3, 0.4) is 0 Å². The Morgan fingerprint density at radius 2 is 1.93 bits per heavy atom. The molecule has 1 aromatic carbocycles. The number of pyridine rings is 1. The van der Waals surface area contributed by atoms with Crippen LogP contribution in [0.1, 0.15) is 77.8 Å². The van der Waals surface area contributed by atoms with Crippen molar-refractivity contribution >= 4 is 40.1 Å². The molecule has 3 aromatic heterocycles. The lowest BCUT2D eigenvalue weighted by atomic mass is 9.89. The molecule has 4 heterocycles. The number of carbonyl (C=O) groups is 1. The quantitative estimate of drug-likeness (QED) is 0.293. The maximum Gasteiger partial charge on any atom is 0.257 e. The molecule has 1 N–H and O–H groups in total. The van der Waals surface area contributed by atoms with E-state index in [4.69, 9.17) is 10.1 Å². The maximum absolute atomic E-state index is 14.2. The summed E-state index contributed by atoms with van der Waals surface area (Å²) in [5, 5.41) is 8.49. The number of nitrogens with one attached hydrogen (secondary N) is 1. The SMILES string of the molecule is Cc1nc(N2CCc3cccc(C(=O)Nc4nc5c(s4)=CCCC=5F)c3C2)ccc1-c1cnn(CC2CCCCC2)c1C. The topological polar surface area (TPSA) is 75.9 Å². The lowest BCUT2D eigenvalue weighted by Gasteiger charge is -2.31. The summed E-state index contributed by atoms with van der Waals surface area (Å²) in [4.78, 5) is 25.1. The van der Waals surface area contributed by atoms with Gasteiger partial charge in [0.25, 0.3) is 5.91 Å². The number of carbonyl (C=O) groups excluding carboxylic acids is 1. The van der Waals surface area contributed by atoms with E-state index in [2.05, 4.69) is 51.9 Å². The molecule has 7 nitrogen and oxygen atoms in total. The monoisotopic (exact) mass is 596 g/mol. The summed E-state index contributed by atoms with van der Waals surface area (Å²) in [6.07, 6.45) is 12.5. The third kappa shape index (κ3) is 5.51. The Hall–Kier alpha value is -3.85. The molecule has 1 aliphatic heterocycles. The summed E-state index contributed by atoms with van der Waals surface area (Å²) in [7, 11) is 0. The van der Waals surface area contributed by atoms with Gasteiger partial charge in [0.15, 0.2) is 5.13 Å². The van der Waals surface area contributed by atoms with Crippen LogP contribution in [0.5, 0.6) is 0 Å². The predicted molar refractivity (Wildman–Crippen MR) is 170 cm³/mol. The number of benzene rings is 1. The Kier molecular flexibility index (Phi) is 7.59. The molecular weight excluding hydrogens is 559 g/mol. The molecule has 4 aromatic rings. The van der Waals surface area contributed by atoms with Crippen molar-refractivity contribution in [3.8, 4) is 11.1 Å². The Morgan fingerprint density at radius 3 is 2.74 bits per heavy atom. The normalized spacial score (nSPS) is 16.9. The van der Waals surface area contributed by atoms with Gasteiger partial charge in [-0.05, 0) is 74.8 Å². The molecule has 0 spiro atoms. The van der Waals surface area contributed by atoms with Crippen LogP contribution in [0.25, 0.3) is 23.0 Å². The number of halogens is 1. The van der Waals surface area contributed by atoms with Gasteiger partial charge in [0.1, 0.15) is 17.0 Å². The first-order chi connectivity index (χ1) is 20.9. The molecule has 0 radical (unpaired) electrons. The molecule has 1 saturated carbocycles. The number of aryl methyl sites for hydroxylation is 1. The van der Waals surface area contributed by atoms with Gasteiger partial charge in [-0.25, -0.2) is 14.4 Å². The fraction of sp³-hybridized carbons (Fsp3) is 0.412. The first kappa shape index (κ1) is 28.0. The van der Waals surface area contributed by atoms with E-state index in [-0.39, 0.29) is 11.7 Å². The molecule has 1 fully saturated rings. The van der Waals surface area contributed by atoms with Crippen molar-refractivity contribution in [2.75, 3.05) is 16.8 Å². The average molecular weight is 597 g/mol. The van der Waals surface area contributed by atoms with Gasteiger partial charge in [0, 0.05) is 54.1 Å². The highest BCUT2D eigenvalue weighted by atomic mass is 32.1. The standard InChI is InChI=1S/C34H37FN6OS/c1-21-25(27-18-36-41(22(27)2)19-23-8-4-3-5-9-23)14-15-31(37-21)40-17-16-24-10-6-11-26(28(24)20-40)33(42)39-34-38-32-29(35)12-7-13-30(32)43-34/h6,10-11,13-15,18,23H,3-5,7-9,12,16-17,19-20H2,1-2H3,(H,38,39,42). The van der Waals surface area contributed by atoms with Crippen molar-refractivity contribution in [2.45, 2.75) is 78.3 Å². The molecule has 7 rings (SSSR count). The zero-order chi connectivity index (χ0) is 29.5. The van der Waals surface area contributed by atoms with Crippen LogP contribution in [0, 0.1) is 19.8 Å². The van der Waals surface area contributed by atoms with E-state index < -0.39 is 0 Å². The summed E-state index contributed by atoms with van der Waals surface area (Å²) in [5.41, 5.74) is 7.23. The van der Waals surface area contributed by atoms with Gasteiger partial charge < -0.3 is 4.90 Å². The van der Waals surface area contributed by atoms with Crippen LogP contribution >= 0.6 is 11.3 Å². The Balaban J connectivity index is 1.10. The van der Waals surface area contributed by atoms with Gasteiger partial charge in [-0.1, -0.05) is 48.8 Å². The molecule has 43 heavy (non-hydrogen) atoms. The first-order valence-corrected chi connectivity index (χ1v) is 16.3. The van der Waals surface area contributed by atoms with E-state index in [1.54, 1.807) is 0 Å². The summed E-state index contributed by atoms with van der Waals surface area (Å²) in [6.45, 7) is 6.65. The number of thiazole rings is 1. The molecule has 0 saturated heterocycles. The van der Waals surface area contributed by atoms with Crippen LogP contribution in [0.2, 0.25) is 0 Å². The average Bonchev–Trinajstić information content (AvgIpc) is 3.60. The van der Waals surface area contributed by atoms with Gasteiger partial charge in [-0.2, -0.15) is 5.10 Å². The van der Waals surface area contributed by atoms with Gasteiger partial charge >= 0.3 is 0 Å². The number of amides is 1. The van der Waals surface area contributed by atoms with E-state index in [0.717, 1.165) is 58.2 Å². The third-order valence-electron chi connectivity index (χ3n) is 9.29. The molecule has 0 unspecified atom stereocenters. The van der Waals surface area contributed by atoms with E-state index in [0.29, 0.717) is 35.4 Å². The van der Waals surface area contributed by atoms with Crippen molar-refractivity contribution in [1.29, 1.82) is 0 Å². The summed E-state index contributed by atoms with van der Waals surface area (Å²) >= 11 is 1.32. The number of hydrogen-bond donors (Lipinski definition) is 1. The van der Waals surface area contributed by atoms with Crippen LogP contribution in [-0.2, 0) is 19.5 Å². The minimum Gasteiger partial charge on any atom is -0.352 e. The Labute approximate surface area is 255 Å². The molecule has 9 heteroatoms. The van der Waals surface area contributed by atoms with E-state index >= 15 is 0 Å². The summed E-state index contributed by atoms with van der Waals surface area (Å²) in [5.74, 6) is 1.20. The second-order valence-electron chi connectivity index (χ2n) is 12.1. The van der Waals surface area contributed by atoms with Crippen LogP contribution < -0.4 is 20.1 Å². The molecule has 3 aliphatic rings. The zero-order valence-electron chi connectivity index (χ0n) is 24.8. The number of aromatic nitrogens is 4. The second-order valence-corrected chi connectivity index (χ2v) is 13.1. The first-order valence-electron chi connectivity index (χ1n) is 15.5. The summed E-state index contributed by atoms with van der Waals surface area (Å²) < 4.78 is 17.2. The largest absolute Gasteiger partial charge is 0.352 e. The minimum absolute atomic E-state index is 0.209. The van der Waals surface area contributed by atoms with Gasteiger partial charge in [0.05, 0.1) is 10.7 Å². The van der Waals surface area contributed by atoms with E-state index in [1.165, 1.54) is 54.7 Å². The van der Waals surface area contributed by atoms with E-state index in [1.807, 2.05) is 24.4 Å². The summed E-state index contributed by atoms with van der Waals surface area (Å²) in [6, 6.07) is 10.2. The number of nitrogens with zero attached hydrogens (tertiary/aromatic N) is 5. The van der Waals surface area contributed by atoms with Gasteiger partial charge in [-0.3, -0.25) is 14.8 Å². The third-order valence-corrected chi connectivity index (χ3v) is 10.3. The van der Waals surface area contributed by atoms with Crippen molar-refractivity contribution in [3.63, 3.8) is 0 Å². The number of rotatable bonds is 6. The highest BCUT2D eigenvalue weighted by Crippen LogP contribution is 2.32. The highest BCUT2D eigenvalue weighted by molar-refractivity contribution is 7.13. The van der Waals surface area contributed by atoms with Gasteiger partial charge in [0.2, 0.25) is 0 Å². The minimum atomic E-state index is -0.217. The predicted octanol–water partition coefficient (Wildman–Crippen LogP) is 6.07. The molecule has 1 amide bonds. The molecule has 222 valence electrons. The Bertz CT molecular complexity index is 1820. The molecular formula is C34H37FN6OS. The van der Waals surface area contributed by atoms with Crippen LogP contribution in [0.15, 0.2) is 36.5 Å². The molecule has 0 atom stereocenters. The fourth-order valence-corrected chi connectivity index (χ4v) is 7.78. The molecule has 2 aliphatic carbocycles. The van der Waals surface area contributed by atoms with Crippen molar-refractivity contribution < 1.29 is 9.18 Å².